The van der Waals surface area contributed by atoms with E-state index in [1.807, 2.05) is 0 Å². The Morgan fingerprint density at radius 2 is 1.86 bits per heavy atom. The number of fused-ring (bicyclic) bond motifs is 2. The Hall–Kier alpha value is -1.99. The van der Waals surface area contributed by atoms with Gasteiger partial charge in [-0.15, -0.1) is 0 Å². The standard InChI is InChI=1S/C19H22Cl2N2O5/c1-2-13(28-14-8-11(20)5-6-12(14)21)17(24)22-23-18(25)15-9-3-4-10(7-9)16(15)19(26)27/h5-6,8-10,13,15-16H,2-4,7H2,1H3,(H,22,24)(H,23,25)(H,26,27)/t9-,10+,13+,15-,16+/m1/s1. The van der Waals surface area contributed by atoms with Crippen LogP contribution in [-0.4, -0.2) is 29.0 Å². The molecular formula is C19H22Cl2N2O5. The van der Waals surface area contributed by atoms with Crippen LogP contribution in [0.2, 0.25) is 10.0 Å². The van der Waals surface area contributed by atoms with Crippen LogP contribution in [0.1, 0.15) is 32.6 Å². The van der Waals surface area contributed by atoms with Crippen molar-refractivity contribution in [1.29, 1.82) is 0 Å². The van der Waals surface area contributed by atoms with Crippen LogP contribution in [0.15, 0.2) is 18.2 Å². The van der Waals surface area contributed by atoms with Crippen molar-refractivity contribution in [2.75, 3.05) is 0 Å². The van der Waals surface area contributed by atoms with Gasteiger partial charge in [-0.2, -0.15) is 0 Å². The van der Waals surface area contributed by atoms with Crippen LogP contribution in [0.4, 0.5) is 0 Å². The zero-order valence-corrected chi connectivity index (χ0v) is 16.8. The molecule has 2 fully saturated rings. The van der Waals surface area contributed by atoms with Gasteiger partial charge in [-0.3, -0.25) is 25.2 Å². The lowest BCUT2D eigenvalue weighted by atomic mass is 9.79. The van der Waals surface area contributed by atoms with Gasteiger partial charge in [0.05, 0.1) is 16.9 Å². The van der Waals surface area contributed by atoms with Gasteiger partial charge >= 0.3 is 5.97 Å². The summed E-state index contributed by atoms with van der Waals surface area (Å²) in [6.45, 7) is 1.75. The third-order valence-corrected chi connectivity index (χ3v) is 6.19. The molecule has 0 aliphatic heterocycles. The highest BCUT2D eigenvalue weighted by molar-refractivity contribution is 6.34. The molecule has 0 unspecified atom stereocenters. The molecule has 0 heterocycles. The van der Waals surface area contributed by atoms with Crippen molar-refractivity contribution in [3.63, 3.8) is 0 Å². The van der Waals surface area contributed by atoms with Crippen molar-refractivity contribution in [2.45, 2.75) is 38.7 Å². The third kappa shape index (κ3) is 4.20. The summed E-state index contributed by atoms with van der Waals surface area (Å²) in [6.07, 6.45) is 1.86. The quantitative estimate of drug-likeness (QED) is 0.603. The molecular weight excluding hydrogens is 407 g/mol. The highest BCUT2D eigenvalue weighted by atomic mass is 35.5. The average molecular weight is 429 g/mol. The van der Waals surface area contributed by atoms with Gasteiger partial charge in [0.25, 0.3) is 5.91 Å². The smallest absolute Gasteiger partial charge is 0.307 e. The third-order valence-electron chi connectivity index (χ3n) is 5.64. The van der Waals surface area contributed by atoms with Gasteiger partial charge in [0.15, 0.2) is 6.10 Å². The minimum absolute atomic E-state index is 0.0330. The van der Waals surface area contributed by atoms with Crippen LogP contribution < -0.4 is 15.6 Å². The molecule has 9 heteroatoms. The minimum Gasteiger partial charge on any atom is -0.481 e. The maximum atomic E-state index is 12.6. The fourth-order valence-corrected chi connectivity index (χ4v) is 4.68. The van der Waals surface area contributed by atoms with E-state index in [0.717, 1.165) is 19.3 Å². The average Bonchev–Trinajstić information content (AvgIpc) is 3.27. The fraction of sp³-hybridized carbons (Fsp3) is 0.526. The van der Waals surface area contributed by atoms with Crippen molar-refractivity contribution >= 4 is 41.0 Å². The van der Waals surface area contributed by atoms with E-state index in [-0.39, 0.29) is 17.6 Å². The van der Waals surface area contributed by atoms with Gasteiger partial charge in [-0.1, -0.05) is 30.1 Å². The Balaban J connectivity index is 1.60. The lowest BCUT2D eigenvalue weighted by Gasteiger charge is -2.27. The second kappa shape index (κ2) is 8.57. The predicted molar refractivity (Wildman–Crippen MR) is 103 cm³/mol. The molecule has 2 amide bonds. The number of hydrogen-bond donors (Lipinski definition) is 3. The molecule has 2 bridgehead atoms. The van der Waals surface area contributed by atoms with Gasteiger partial charge in [-0.05, 0) is 49.7 Å². The number of amides is 2. The van der Waals surface area contributed by atoms with Crippen LogP contribution in [-0.2, 0) is 14.4 Å². The van der Waals surface area contributed by atoms with E-state index in [1.54, 1.807) is 19.1 Å². The number of hydrogen-bond acceptors (Lipinski definition) is 4. The molecule has 1 aromatic carbocycles. The highest BCUT2D eigenvalue weighted by Gasteiger charge is 2.54. The number of ether oxygens (including phenoxy) is 1. The van der Waals surface area contributed by atoms with E-state index in [2.05, 4.69) is 10.9 Å². The Bertz CT molecular complexity index is 788. The molecule has 28 heavy (non-hydrogen) atoms. The number of carboxylic acid groups (broad SMARTS) is 1. The summed E-state index contributed by atoms with van der Waals surface area (Å²) in [4.78, 5) is 36.5. The lowest BCUT2D eigenvalue weighted by molar-refractivity contribution is -0.150. The van der Waals surface area contributed by atoms with Gasteiger partial charge < -0.3 is 9.84 Å². The highest BCUT2D eigenvalue weighted by Crippen LogP contribution is 2.52. The summed E-state index contributed by atoms with van der Waals surface area (Å²) in [5.41, 5.74) is 4.73. The van der Waals surface area contributed by atoms with Crippen LogP contribution in [0.5, 0.6) is 5.75 Å². The Labute approximate surface area is 172 Å². The number of carbonyl (C=O) groups is 3. The zero-order valence-electron chi connectivity index (χ0n) is 15.3. The van der Waals surface area contributed by atoms with Crippen LogP contribution in [0, 0.1) is 23.7 Å². The molecule has 2 aliphatic carbocycles. The summed E-state index contributed by atoms with van der Waals surface area (Å²) in [5.74, 6) is -2.95. The SMILES string of the molecule is CC[C@H](Oc1cc(Cl)ccc1Cl)C(=O)NNC(=O)[C@@H]1[C@@H]2CC[C@@H](C2)[C@@H]1C(=O)O. The maximum Gasteiger partial charge on any atom is 0.307 e. The predicted octanol–water partition coefficient (Wildman–Crippen LogP) is 3.05. The fourth-order valence-electron chi connectivity index (χ4n) is 4.35. The number of aliphatic carboxylic acids is 1. The van der Waals surface area contributed by atoms with Crippen LogP contribution >= 0.6 is 23.2 Å². The van der Waals surface area contributed by atoms with Crippen molar-refractivity contribution in [2.24, 2.45) is 23.7 Å². The number of carbonyl (C=O) groups excluding carboxylic acids is 2. The first-order valence-electron chi connectivity index (χ1n) is 9.26. The van der Waals surface area contributed by atoms with Crippen molar-refractivity contribution in [3.05, 3.63) is 28.2 Å². The zero-order chi connectivity index (χ0) is 20.4. The van der Waals surface area contributed by atoms with Crippen molar-refractivity contribution in [1.82, 2.24) is 10.9 Å². The molecule has 2 saturated carbocycles. The number of hydrazine groups is 1. The van der Waals surface area contributed by atoms with Crippen molar-refractivity contribution in [3.8, 4) is 5.75 Å². The second-order valence-corrected chi connectivity index (χ2v) is 8.13. The van der Waals surface area contributed by atoms with Crippen molar-refractivity contribution < 1.29 is 24.2 Å². The van der Waals surface area contributed by atoms with E-state index >= 15 is 0 Å². The Morgan fingerprint density at radius 3 is 2.50 bits per heavy atom. The normalized spacial score (nSPS) is 26.5. The largest absolute Gasteiger partial charge is 0.481 e. The molecule has 0 spiro atoms. The van der Waals surface area contributed by atoms with Gasteiger partial charge in [0.1, 0.15) is 5.75 Å². The number of halogens is 2. The van der Waals surface area contributed by atoms with Crippen LogP contribution in [0.25, 0.3) is 0 Å². The monoisotopic (exact) mass is 428 g/mol. The number of nitrogens with one attached hydrogen (secondary N) is 2. The molecule has 7 nitrogen and oxygen atoms in total. The lowest BCUT2D eigenvalue weighted by Crippen LogP contribution is -2.52. The van der Waals surface area contributed by atoms with Crippen LogP contribution in [0.3, 0.4) is 0 Å². The second-order valence-electron chi connectivity index (χ2n) is 7.29. The van der Waals surface area contributed by atoms with Gasteiger partial charge in [0.2, 0.25) is 5.91 Å². The van der Waals surface area contributed by atoms with E-state index in [4.69, 9.17) is 27.9 Å². The molecule has 2 aliphatic rings. The van der Waals surface area contributed by atoms with E-state index < -0.39 is 35.7 Å². The number of benzene rings is 1. The molecule has 0 aromatic heterocycles. The summed E-state index contributed by atoms with van der Waals surface area (Å²) in [5, 5.41) is 10.2. The number of carboxylic acids is 1. The molecule has 0 radical (unpaired) electrons. The summed E-state index contributed by atoms with van der Waals surface area (Å²) in [7, 11) is 0. The van der Waals surface area contributed by atoms with E-state index in [1.165, 1.54) is 6.07 Å². The summed E-state index contributed by atoms with van der Waals surface area (Å²) >= 11 is 12.0. The molecule has 3 N–H and O–H groups in total. The summed E-state index contributed by atoms with van der Waals surface area (Å²) in [6, 6.07) is 4.67. The summed E-state index contributed by atoms with van der Waals surface area (Å²) < 4.78 is 5.63. The Morgan fingerprint density at radius 1 is 1.18 bits per heavy atom. The topological polar surface area (TPSA) is 105 Å². The first kappa shape index (κ1) is 20.7. The molecule has 3 rings (SSSR count). The minimum atomic E-state index is -0.955. The first-order chi connectivity index (χ1) is 13.3. The number of rotatable bonds is 6. The molecule has 5 atom stereocenters. The van der Waals surface area contributed by atoms with E-state index in [0.29, 0.717) is 16.5 Å². The van der Waals surface area contributed by atoms with Gasteiger partial charge in [-0.25, -0.2) is 0 Å². The molecule has 0 saturated heterocycles. The van der Waals surface area contributed by atoms with Gasteiger partial charge in [0, 0.05) is 11.1 Å². The Kier molecular flexibility index (Phi) is 6.35. The maximum absolute atomic E-state index is 12.6. The molecule has 152 valence electrons. The molecule has 1 aromatic rings. The van der Waals surface area contributed by atoms with E-state index in [9.17, 15) is 19.5 Å². The first-order valence-corrected chi connectivity index (χ1v) is 10.0.